The number of rotatable bonds is 3. The molecule has 0 amide bonds. The van der Waals surface area contributed by atoms with E-state index in [2.05, 4.69) is 13.0 Å². The maximum Gasteiger partial charge on any atom is 0.149 e. The van der Waals surface area contributed by atoms with Crippen molar-refractivity contribution < 1.29 is 4.79 Å². The molecule has 0 aromatic carbocycles. The van der Waals surface area contributed by atoms with E-state index in [9.17, 15) is 4.79 Å². The smallest absolute Gasteiger partial charge is 0.149 e. The summed E-state index contributed by atoms with van der Waals surface area (Å²) in [5.74, 6) is 0. The van der Waals surface area contributed by atoms with E-state index in [4.69, 9.17) is 0 Å². The van der Waals surface area contributed by atoms with Crippen LogP contribution in [0.2, 0.25) is 0 Å². The summed E-state index contributed by atoms with van der Waals surface area (Å²) in [5, 5.41) is 0. The van der Waals surface area contributed by atoms with Gasteiger partial charge in [0.1, 0.15) is 6.29 Å². The molecule has 1 nitrogen and oxygen atoms in total. The third-order valence-corrected chi connectivity index (χ3v) is 1.94. The van der Waals surface area contributed by atoms with E-state index in [0.29, 0.717) is 0 Å². The minimum atomic E-state index is 0.915. The van der Waals surface area contributed by atoms with Crippen LogP contribution in [0.1, 0.15) is 32.6 Å². The number of hydrogen-bond acceptors (Lipinski definition) is 1. The fourth-order valence-corrected chi connectivity index (χ4v) is 1.38. The van der Waals surface area contributed by atoms with Gasteiger partial charge < -0.3 is 0 Å². The lowest BCUT2D eigenvalue weighted by molar-refractivity contribution is -0.104. The van der Waals surface area contributed by atoms with Gasteiger partial charge in [0.15, 0.2) is 0 Å². The van der Waals surface area contributed by atoms with E-state index in [1.54, 1.807) is 0 Å². The van der Waals surface area contributed by atoms with E-state index < -0.39 is 0 Å². The third kappa shape index (κ3) is 2.04. The van der Waals surface area contributed by atoms with Crippen molar-refractivity contribution >= 4 is 6.29 Å². The molecular formula is C10H14O. The summed E-state index contributed by atoms with van der Waals surface area (Å²) in [6.07, 6.45) is 9.50. The van der Waals surface area contributed by atoms with Gasteiger partial charge in [-0.1, -0.05) is 25.5 Å². The van der Waals surface area contributed by atoms with Gasteiger partial charge in [0, 0.05) is 5.57 Å². The summed E-state index contributed by atoms with van der Waals surface area (Å²) < 4.78 is 0. The molecule has 1 rings (SSSR count). The molecule has 0 atom stereocenters. The van der Waals surface area contributed by atoms with Crippen molar-refractivity contribution in [2.45, 2.75) is 32.6 Å². The minimum Gasteiger partial charge on any atom is -0.298 e. The Hall–Kier alpha value is -0.850. The molecule has 0 saturated heterocycles. The van der Waals surface area contributed by atoms with Crippen molar-refractivity contribution in [3.05, 3.63) is 23.3 Å². The monoisotopic (exact) mass is 150 g/mol. The highest BCUT2D eigenvalue weighted by atomic mass is 16.1. The molecule has 0 aromatic rings. The van der Waals surface area contributed by atoms with Crippen LogP contribution < -0.4 is 0 Å². The summed E-state index contributed by atoms with van der Waals surface area (Å²) >= 11 is 0. The minimum absolute atomic E-state index is 0.915. The molecule has 11 heavy (non-hydrogen) atoms. The molecule has 1 aliphatic rings. The molecule has 0 fully saturated rings. The van der Waals surface area contributed by atoms with Crippen molar-refractivity contribution in [1.29, 1.82) is 0 Å². The Morgan fingerprint density at radius 1 is 1.45 bits per heavy atom. The lowest BCUT2D eigenvalue weighted by atomic mass is 9.95. The number of hydrogen-bond donors (Lipinski definition) is 0. The molecule has 0 N–H and O–H groups in total. The molecule has 1 aliphatic carbocycles. The SMILES string of the molecule is CCCC1=CCCC=C1C=O. The summed E-state index contributed by atoms with van der Waals surface area (Å²) in [5.41, 5.74) is 2.16. The Bertz CT molecular complexity index is 199. The zero-order chi connectivity index (χ0) is 8.10. The second-order valence-corrected chi connectivity index (χ2v) is 2.83. The van der Waals surface area contributed by atoms with Crippen molar-refractivity contribution in [3.63, 3.8) is 0 Å². The van der Waals surface area contributed by atoms with Crippen molar-refractivity contribution in [1.82, 2.24) is 0 Å². The van der Waals surface area contributed by atoms with Gasteiger partial charge in [0.2, 0.25) is 0 Å². The van der Waals surface area contributed by atoms with Crippen LogP contribution in [-0.4, -0.2) is 6.29 Å². The Kier molecular flexibility index (Phi) is 3.09. The summed E-state index contributed by atoms with van der Waals surface area (Å²) in [6, 6.07) is 0. The van der Waals surface area contributed by atoms with Gasteiger partial charge in [0.25, 0.3) is 0 Å². The predicted octanol–water partition coefficient (Wildman–Crippen LogP) is 2.63. The molecule has 1 heteroatoms. The maximum absolute atomic E-state index is 10.5. The fraction of sp³-hybridized carbons (Fsp3) is 0.500. The number of allylic oxidation sites excluding steroid dienone is 4. The molecule has 0 heterocycles. The van der Waals surface area contributed by atoms with Gasteiger partial charge in [-0.2, -0.15) is 0 Å². The van der Waals surface area contributed by atoms with Crippen LogP contribution in [0.4, 0.5) is 0 Å². The molecule has 60 valence electrons. The predicted molar refractivity (Wildman–Crippen MR) is 46.4 cm³/mol. The van der Waals surface area contributed by atoms with Crippen molar-refractivity contribution in [2.75, 3.05) is 0 Å². The van der Waals surface area contributed by atoms with Crippen LogP contribution in [0.5, 0.6) is 0 Å². The molecule has 0 unspecified atom stereocenters. The standard InChI is InChI=1S/C10H14O/c1-2-5-9-6-3-4-7-10(9)8-11/h6-8H,2-5H2,1H3. The molecular weight excluding hydrogens is 136 g/mol. The van der Waals surface area contributed by atoms with Gasteiger partial charge in [-0.05, 0) is 24.8 Å². The topological polar surface area (TPSA) is 17.1 Å². The second-order valence-electron chi connectivity index (χ2n) is 2.83. The van der Waals surface area contributed by atoms with Crippen LogP contribution in [0.3, 0.4) is 0 Å². The van der Waals surface area contributed by atoms with E-state index in [0.717, 1.165) is 37.5 Å². The lowest BCUT2D eigenvalue weighted by Gasteiger charge is -2.09. The number of carbonyl (C=O) groups excluding carboxylic acids is 1. The first kappa shape index (κ1) is 8.25. The summed E-state index contributed by atoms with van der Waals surface area (Å²) in [4.78, 5) is 10.5. The highest BCUT2D eigenvalue weighted by Gasteiger charge is 2.05. The largest absolute Gasteiger partial charge is 0.298 e. The van der Waals surface area contributed by atoms with Crippen LogP contribution in [-0.2, 0) is 4.79 Å². The van der Waals surface area contributed by atoms with E-state index in [-0.39, 0.29) is 0 Å². The van der Waals surface area contributed by atoms with Gasteiger partial charge in [-0.25, -0.2) is 0 Å². The van der Waals surface area contributed by atoms with E-state index in [1.807, 2.05) is 6.08 Å². The van der Waals surface area contributed by atoms with E-state index in [1.165, 1.54) is 5.57 Å². The second kappa shape index (κ2) is 4.12. The Morgan fingerprint density at radius 2 is 2.18 bits per heavy atom. The third-order valence-electron chi connectivity index (χ3n) is 1.94. The zero-order valence-corrected chi connectivity index (χ0v) is 6.97. The van der Waals surface area contributed by atoms with Gasteiger partial charge in [0.05, 0.1) is 0 Å². The van der Waals surface area contributed by atoms with Crippen LogP contribution in [0.15, 0.2) is 23.3 Å². The molecule has 0 spiro atoms. The molecule has 0 aliphatic heterocycles. The molecule has 0 aromatic heterocycles. The molecule has 0 radical (unpaired) electrons. The first-order valence-corrected chi connectivity index (χ1v) is 4.23. The normalized spacial score (nSPS) is 17.2. The Morgan fingerprint density at radius 3 is 2.82 bits per heavy atom. The van der Waals surface area contributed by atoms with Crippen LogP contribution in [0.25, 0.3) is 0 Å². The average molecular weight is 150 g/mol. The zero-order valence-electron chi connectivity index (χ0n) is 6.97. The van der Waals surface area contributed by atoms with Crippen molar-refractivity contribution in [2.24, 2.45) is 0 Å². The van der Waals surface area contributed by atoms with Crippen LogP contribution >= 0.6 is 0 Å². The Labute approximate surface area is 67.8 Å². The van der Waals surface area contributed by atoms with Crippen molar-refractivity contribution in [3.8, 4) is 0 Å². The average Bonchev–Trinajstić information content (AvgIpc) is 2.06. The van der Waals surface area contributed by atoms with Gasteiger partial charge in [-0.15, -0.1) is 0 Å². The van der Waals surface area contributed by atoms with Crippen LogP contribution in [0, 0.1) is 0 Å². The first-order chi connectivity index (χ1) is 5.38. The summed E-state index contributed by atoms with van der Waals surface area (Å²) in [6.45, 7) is 2.14. The lowest BCUT2D eigenvalue weighted by Crippen LogP contribution is -1.95. The highest BCUT2D eigenvalue weighted by Crippen LogP contribution is 2.20. The summed E-state index contributed by atoms with van der Waals surface area (Å²) in [7, 11) is 0. The molecule has 0 bridgehead atoms. The number of carbonyl (C=O) groups is 1. The number of aldehydes is 1. The fourth-order valence-electron chi connectivity index (χ4n) is 1.38. The van der Waals surface area contributed by atoms with E-state index >= 15 is 0 Å². The maximum atomic E-state index is 10.5. The quantitative estimate of drug-likeness (QED) is 0.565. The highest BCUT2D eigenvalue weighted by molar-refractivity contribution is 5.80. The van der Waals surface area contributed by atoms with Gasteiger partial charge in [-0.3, -0.25) is 4.79 Å². The van der Waals surface area contributed by atoms with Gasteiger partial charge >= 0.3 is 0 Å². The molecule has 0 saturated carbocycles. The Balaban J connectivity index is 2.66. The first-order valence-electron chi connectivity index (χ1n) is 4.23.